The number of aromatic hydroxyl groups is 1. The molecule has 0 aliphatic carbocycles. The molecule has 0 unspecified atom stereocenters. The van der Waals surface area contributed by atoms with Crippen LogP contribution in [-0.4, -0.2) is 29.2 Å². The lowest BCUT2D eigenvalue weighted by molar-refractivity contribution is -0.111. The average Bonchev–Trinajstić information content (AvgIpc) is 2.54. The molecule has 3 N–H and O–H groups in total. The molecule has 124 valence electrons. The Labute approximate surface area is 146 Å². The molecule has 24 heavy (non-hydrogen) atoms. The molecule has 2 rings (SSSR count). The third-order valence-electron chi connectivity index (χ3n) is 3.10. The second kappa shape index (κ2) is 7.65. The van der Waals surface area contributed by atoms with Crippen LogP contribution in [0.4, 0.5) is 5.69 Å². The highest BCUT2D eigenvalue weighted by Gasteiger charge is 2.12. The van der Waals surface area contributed by atoms with Gasteiger partial charge in [-0.05, 0) is 42.5 Å². The number of anilines is 1. The third kappa shape index (κ3) is 4.36. The van der Waals surface area contributed by atoms with Crippen molar-refractivity contribution >= 4 is 39.6 Å². The number of halogens is 1. The Morgan fingerprint density at radius 1 is 1.21 bits per heavy atom. The summed E-state index contributed by atoms with van der Waals surface area (Å²) in [5, 5.41) is 20.9. The van der Waals surface area contributed by atoms with Crippen LogP contribution in [0.1, 0.15) is 15.9 Å². The number of rotatable bonds is 5. The molecule has 0 radical (unpaired) electrons. The van der Waals surface area contributed by atoms with Gasteiger partial charge in [-0.3, -0.25) is 4.79 Å². The van der Waals surface area contributed by atoms with Crippen molar-refractivity contribution in [2.75, 3.05) is 12.4 Å². The summed E-state index contributed by atoms with van der Waals surface area (Å²) in [4.78, 5) is 23.2. The molecule has 0 bridgehead atoms. The highest BCUT2D eigenvalue weighted by molar-refractivity contribution is 9.10. The number of aromatic carboxylic acids is 1. The minimum atomic E-state index is -1.25. The van der Waals surface area contributed by atoms with Gasteiger partial charge in [-0.25, -0.2) is 4.79 Å². The molecule has 2 aromatic carbocycles. The molecule has 6 nitrogen and oxygen atoms in total. The minimum Gasteiger partial charge on any atom is -0.508 e. The van der Waals surface area contributed by atoms with Crippen LogP contribution in [0.3, 0.4) is 0 Å². The summed E-state index contributed by atoms with van der Waals surface area (Å²) in [7, 11) is 1.52. The number of nitrogens with one attached hydrogen (secondary N) is 1. The first-order valence-electron chi connectivity index (χ1n) is 6.79. The molecular formula is C17H14BrNO5. The number of hydrogen-bond donors (Lipinski definition) is 3. The lowest BCUT2D eigenvalue weighted by atomic mass is 10.1. The summed E-state index contributed by atoms with van der Waals surface area (Å²) in [5.41, 5.74) is 0.583. The molecule has 2 aromatic rings. The number of amides is 1. The highest BCUT2D eigenvalue weighted by atomic mass is 79.9. The summed E-state index contributed by atoms with van der Waals surface area (Å²) in [6.07, 6.45) is 2.82. The fraction of sp³-hybridized carbons (Fsp3) is 0.0588. The fourth-order valence-electron chi connectivity index (χ4n) is 1.99. The van der Waals surface area contributed by atoms with Gasteiger partial charge in [0, 0.05) is 16.1 Å². The van der Waals surface area contributed by atoms with Gasteiger partial charge in [0.25, 0.3) is 0 Å². The first-order valence-corrected chi connectivity index (χ1v) is 7.59. The summed E-state index contributed by atoms with van der Waals surface area (Å²) in [6, 6.07) is 9.04. The summed E-state index contributed by atoms with van der Waals surface area (Å²) in [6.45, 7) is 0. The predicted molar refractivity (Wildman–Crippen MR) is 93.4 cm³/mol. The average molecular weight is 392 g/mol. The van der Waals surface area contributed by atoms with Crippen LogP contribution >= 0.6 is 15.9 Å². The molecule has 0 saturated carbocycles. The van der Waals surface area contributed by atoms with Crippen molar-refractivity contribution in [2.24, 2.45) is 0 Å². The molecular weight excluding hydrogens is 378 g/mol. The quantitative estimate of drug-likeness (QED) is 0.535. The van der Waals surface area contributed by atoms with Gasteiger partial charge in [0.2, 0.25) is 5.91 Å². The highest BCUT2D eigenvalue weighted by Crippen LogP contribution is 2.24. The monoisotopic (exact) mass is 391 g/mol. The normalized spacial score (nSPS) is 10.6. The Kier molecular flexibility index (Phi) is 5.59. The van der Waals surface area contributed by atoms with Crippen molar-refractivity contribution in [1.82, 2.24) is 0 Å². The topological polar surface area (TPSA) is 95.9 Å². The maximum absolute atomic E-state index is 12.0. The summed E-state index contributed by atoms with van der Waals surface area (Å²) < 4.78 is 6.03. The van der Waals surface area contributed by atoms with E-state index in [1.165, 1.54) is 25.3 Å². The van der Waals surface area contributed by atoms with E-state index < -0.39 is 11.9 Å². The number of hydrogen-bond acceptors (Lipinski definition) is 4. The van der Waals surface area contributed by atoms with Crippen LogP contribution in [0.25, 0.3) is 6.08 Å². The largest absolute Gasteiger partial charge is 0.508 e. The number of phenolic OH excluding ortho intramolecular Hbond substituents is 1. The van der Waals surface area contributed by atoms with Gasteiger partial charge in [0.15, 0.2) is 0 Å². The maximum Gasteiger partial charge on any atom is 0.337 e. The minimum absolute atomic E-state index is 0.0937. The molecule has 0 saturated heterocycles. The van der Waals surface area contributed by atoms with E-state index in [4.69, 9.17) is 9.84 Å². The molecule has 0 aromatic heterocycles. The van der Waals surface area contributed by atoms with Crippen LogP contribution in [0.5, 0.6) is 11.5 Å². The van der Waals surface area contributed by atoms with Crippen molar-refractivity contribution in [3.05, 3.63) is 58.1 Å². The van der Waals surface area contributed by atoms with E-state index in [1.54, 1.807) is 18.2 Å². The van der Waals surface area contributed by atoms with Crippen molar-refractivity contribution in [1.29, 1.82) is 0 Å². The predicted octanol–water partition coefficient (Wildman–Crippen LogP) is 3.51. The number of carbonyl (C=O) groups excluding carboxylic acids is 1. The molecule has 0 heterocycles. The lowest BCUT2D eigenvalue weighted by Crippen LogP contribution is -2.11. The maximum atomic E-state index is 12.0. The Bertz CT molecular complexity index is 817. The van der Waals surface area contributed by atoms with Gasteiger partial charge in [-0.2, -0.15) is 0 Å². The fourth-order valence-corrected chi connectivity index (χ4v) is 2.37. The SMILES string of the molecule is COc1ccc(Br)cc1C=CC(=O)Nc1ccc(O)cc1C(=O)O. The standard InChI is InChI=1S/C17H14BrNO5/c1-24-15-6-3-11(18)8-10(15)2-7-16(21)19-14-5-4-12(20)9-13(14)17(22)23/h2-9,20H,1H3,(H,19,21)(H,22,23). The lowest BCUT2D eigenvalue weighted by Gasteiger charge is -2.07. The second-order valence-corrected chi connectivity index (χ2v) is 5.66. The van der Waals surface area contributed by atoms with E-state index in [0.717, 1.165) is 10.5 Å². The van der Waals surface area contributed by atoms with Gasteiger partial charge < -0.3 is 20.3 Å². The zero-order valence-electron chi connectivity index (χ0n) is 12.6. The van der Waals surface area contributed by atoms with Crippen molar-refractivity contribution in [2.45, 2.75) is 0 Å². The number of carbonyl (C=O) groups is 2. The van der Waals surface area contributed by atoms with Crippen LogP contribution in [0, 0.1) is 0 Å². The number of benzene rings is 2. The molecule has 0 aliphatic rings. The van der Waals surface area contributed by atoms with Crippen molar-refractivity contribution in [3.63, 3.8) is 0 Å². The van der Waals surface area contributed by atoms with Crippen molar-refractivity contribution in [3.8, 4) is 11.5 Å². The Morgan fingerprint density at radius 2 is 1.96 bits per heavy atom. The number of ether oxygens (including phenoxy) is 1. The zero-order valence-corrected chi connectivity index (χ0v) is 14.2. The third-order valence-corrected chi connectivity index (χ3v) is 3.59. The molecule has 7 heteroatoms. The Hall–Kier alpha value is -2.80. The van der Waals surface area contributed by atoms with Gasteiger partial charge in [-0.15, -0.1) is 0 Å². The van der Waals surface area contributed by atoms with Gasteiger partial charge in [-0.1, -0.05) is 15.9 Å². The van der Waals surface area contributed by atoms with E-state index in [9.17, 15) is 14.7 Å². The molecule has 0 fully saturated rings. The van der Waals surface area contributed by atoms with E-state index in [1.807, 2.05) is 6.07 Å². The Balaban J connectivity index is 2.20. The summed E-state index contributed by atoms with van der Waals surface area (Å²) in [5.74, 6) is -1.36. The van der Waals surface area contributed by atoms with Crippen LogP contribution in [-0.2, 0) is 4.79 Å². The number of carboxylic acid groups (broad SMARTS) is 1. The smallest absolute Gasteiger partial charge is 0.337 e. The van der Waals surface area contributed by atoms with E-state index in [0.29, 0.717) is 11.3 Å². The van der Waals surface area contributed by atoms with Gasteiger partial charge >= 0.3 is 5.97 Å². The Morgan fingerprint density at radius 3 is 2.62 bits per heavy atom. The van der Waals surface area contributed by atoms with Crippen molar-refractivity contribution < 1.29 is 24.5 Å². The van der Waals surface area contributed by atoms with Crippen LogP contribution in [0.15, 0.2) is 46.9 Å². The van der Waals surface area contributed by atoms with E-state index in [-0.39, 0.29) is 17.0 Å². The molecule has 0 atom stereocenters. The van der Waals surface area contributed by atoms with E-state index >= 15 is 0 Å². The first-order chi connectivity index (χ1) is 11.4. The number of phenols is 1. The van der Waals surface area contributed by atoms with Crippen LogP contribution < -0.4 is 10.1 Å². The second-order valence-electron chi connectivity index (χ2n) is 4.74. The first kappa shape index (κ1) is 17.6. The van der Waals surface area contributed by atoms with Crippen LogP contribution in [0.2, 0.25) is 0 Å². The zero-order chi connectivity index (χ0) is 17.7. The molecule has 1 amide bonds. The summed E-state index contributed by atoms with van der Waals surface area (Å²) >= 11 is 3.34. The number of methoxy groups -OCH3 is 1. The number of carboxylic acids is 1. The van der Waals surface area contributed by atoms with Gasteiger partial charge in [0.05, 0.1) is 18.4 Å². The molecule has 0 aliphatic heterocycles. The molecule has 0 spiro atoms. The van der Waals surface area contributed by atoms with Gasteiger partial charge in [0.1, 0.15) is 11.5 Å². The van der Waals surface area contributed by atoms with E-state index in [2.05, 4.69) is 21.2 Å².